The van der Waals surface area contributed by atoms with Crippen molar-refractivity contribution in [2.24, 2.45) is 11.3 Å². The van der Waals surface area contributed by atoms with Crippen LogP contribution in [0.1, 0.15) is 59.4 Å². The minimum Gasteiger partial charge on any atom is -0.444 e. The van der Waals surface area contributed by atoms with E-state index in [-0.39, 0.29) is 22.8 Å². The molecule has 1 saturated heterocycles. The molecule has 0 spiro atoms. The number of carbonyl (C=O) groups is 2. The lowest BCUT2D eigenvalue weighted by Crippen LogP contribution is -2.61. The van der Waals surface area contributed by atoms with E-state index in [9.17, 15) is 9.59 Å². The van der Waals surface area contributed by atoms with Gasteiger partial charge in [0, 0.05) is 30.3 Å². The first-order valence-electron chi connectivity index (χ1n) is 9.63. The molecule has 1 amide bonds. The summed E-state index contributed by atoms with van der Waals surface area (Å²) in [6.07, 6.45) is 1.94. The van der Waals surface area contributed by atoms with E-state index in [0.29, 0.717) is 25.3 Å². The van der Waals surface area contributed by atoms with Crippen molar-refractivity contribution in [1.82, 2.24) is 4.90 Å². The van der Waals surface area contributed by atoms with Crippen LogP contribution in [0.15, 0.2) is 30.3 Å². The van der Waals surface area contributed by atoms with Gasteiger partial charge in [-0.15, -0.1) is 0 Å². The summed E-state index contributed by atoms with van der Waals surface area (Å²) in [6.45, 7) is 11.1. The van der Waals surface area contributed by atoms with Crippen molar-refractivity contribution in [3.63, 3.8) is 0 Å². The Morgan fingerprint density at radius 1 is 1.19 bits per heavy atom. The molecule has 1 aromatic rings. The van der Waals surface area contributed by atoms with E-state index in [1.807, 2.05) is 31.7 Å². The summed E-state index contributed by atoms with van der Waals surface area (Å²) >= 11 is 0. The topological polar surface area (TPSA) is 46.6 Å². The van der Waals surface area contributed by atoms with Crippen LogP contribution in [0.5, 0.6) is 0 Å². The van der Waals surface area contributed by atoms with Gasteiger partial charge in [0.2, 0.25) is 0 Å². The number of hydrogen-bond donors (Lipinski definition) is 0. The van der Waals surface area contributed by atoms with E-state index >= 15 is 0 Å². The largest absolute Gasteiger partial charge is 0.444 e. The number of fused-ring (bicyclic) bond motifs is 1. The second-order valence-electron chi connectivity index (χ2n) is 9.41. The summed E-state index contributed by atoms with van der Waals surface area (Å²) in [6, 6.07) is 10.4. The summed E-state index contributed by atoms with van der Waals surface area (Å²) in [7, 11) is 0. The Kier molecular flexibility index (Phi) is 4.66. The molecule has 142 valence electrons. The molecule has 1 aliphatic carbocycles. The maximum absolute atomic E-state index is 12.7. The highest BCUT2D eigenvalue weighted by molar-refractivity contribution is 5.86. The van der Waals surface area contributed by atoms with E-state index in [1.54, 1.807) is 0 Å². The number of Topliss-reactive ketones (excluding diaryl/α,β-unsaturated/α-hetero) is 1. The molecule has 1 saturated carbocycles. The second kappa shape index (κ2) is 6.40. The van der Waals surface area contributed by atoms with Crippen LogP contribution in [-0.2, 0) is 14.9 Å². The highest BCUT2D eigenvalue weighted by Gasteiger charge is 2.56. The SMILES string of the molecule is CC(C)(C)OC(=O)N1CC[C@H]2C(C)(C)C(=O)CCC2(c2ccccc2)C1. The number of carbonyl (C=O) groups excluding carboxylic acids is 2. The lowest BCUT2D eigenvalue weighted by atomic mass is 9.51. The molecular formula is C22H31NO3. The highest BCUT2D eigenvalue weighted by atomic mass is 16.6. The highest BCUT2D eigenvalue weighted by Crippen LogP contribution is 2.54. The molecule has 1 unspecified atom stereocenters. The molecule has 3 rings (SSSR count). The van der Waals surface area contributed by atoms with Gasteiger partial charge in [0.25, 0.3) is 0 Å². The lowest BCUT2D eigenvalue weighted by Gasteiger charge is -2.56. The summed E-state index contributed by atoms with van der Waals surface area (Å²) in [5, 5.41) is 0. The van der Waals surface area contributed by atoms with Gasteiger partial charge in [-0.05, 0) is 45.1 Å². The van der Waals surface area contributed by atoms with Gasteiger partial charge in [-0.2, -0.15) is 0 Å². The van der Waals surface area contributed by atoms with Gasteiger partial charge < -0.3 is 9.64 Å². The van der Waals surface area contributed by atoms with Crippen LogP contribution in [0.25, 0.3) is 0 Å². The van der Waals surface area contributed by atoms with Crippen LogP contribution in [0.2, 0.25) is 0 Å². The Morgan fingerprint density at radius 2 is 1.85 bits per heavy atom. The van der Waals surface area contributed by atoms with Gasteiger partial charge in [0.15, 0.2) is 0 Å². The summed E-state index contributed by atoms with van der Waals surface area (Å²) in [4.78, 5) is 27.2. The number of rotatable bonds is 1. The molecule has 1 aromatic carbocycles. The van der Waals surface area contributed by atoms with E-state index in [4.69, 9.17) is 4.74 Å². The van der Waals surface area contributed by atoms with Crippen molar-refractivity contribution in [2.45, 2.75) is 64.9 Å². The number of amides is 1. The molecule has 0 bridgehead atoms. The third-order valence-corrected chi connectivity index (χ3v) is 6.22. The van der Waals surface area contributed by atoms with Crippen molar-refractivity contribution in [3.05, 3.63) is 35.9 Å². The third kappa shape index (κ3) is 3.26. The van der Waals surface area contributed by atoms with Crippen molar-refractivity contribution in [1.29, 1.82) is 0 Å². The fourth-order valence-electron chi connectivity index (χ4n) is 4.94. The monoisotopic (exact) mass is 357 g/mol. The molecular weight excluding hydrogens is 326 g/mol. The van der Waals surface area contributed by atoms with Gasteiger partial charge >= 0.3 is 6.09 Å². The standard InChI is InChI=1S/C22H31NO3/c1-20(2,3)26-19(25)23-14-12-17-21(4,5)18(24)11-13-22(17,15-23)16-9-7-6-8-10-16/h6-10,17H,11-15H2,1-5H3/t17-,22?/m0/s1. The minimum atomic E-state index is -0.504. The van der Waals surface area contributed by atoms with Crippen molar-refractivity contribution in [2.75, 3.05) is 13.1 Å². The lowest BCUT2D eigenvalue weighted by molar-refractivity contribution is -0.139. The van der Waals surface area contributed by atoms with E-state index < -0.39 is 5.60 Å². The number of hydrogen-bond acceptors (Lipinski definition) is 3. The van der Waals surface area contributed by atoms with Crippen LogP contribution >= 0.6 is 0 Å². The average Bonchev–Trinajstić information content (AvgIpc) is 2.57. The summed E-state index contributed by atoms with van der Waals surface area (Å²) in [5.41, 5.74) is 0.177. The maximum atomic E-state index is 12.7. The zero-order valence-corrected chi connectivity index (χ0v) is 16.7. The summed E-state index contributed by atoms with van der Waals surface area (Å²) in [5.74, 6) is 0.581. The fraction of sp³-hybridized carbons (Fsp3) is 0.636. The Hall–Kier alpha value is -1.84. The average molecular weight is 357 g/mol. The quantitative estimate of drug-likeness (QED) is 0.739. The normalized spacial score (nSPS) is 28.4. The van der Waals surface area contributed by atoms with Gasteiger partial charge in [0.05, 0.1) is 0 Å². The van der Waals surface area contributed by atoms with Crippen LogP contribution in [0.3, 0.4) is 0 Å². The first-order valence-corrected chi connectivity index (χ1v) is 9.63. The van der Waals surface area contributed by atoms with Crippen LogP contribution < -0.4 is 0 Å². The molecule has 2 atom stereocenters. The molecule has 1 aliphatic heterocycles. The third-order valence-electron chi connectivity index (χ3n) is 6.22. The van der Waals surface area contributed by atoms with Crippen molar-refractivity contribution < 1.29 is 14.3 Å². The number of nitrogens with zero attached hydrogens (tertiary/aromatic N) is 1. The minimum absolute atomic E-state index is 0.187. The molecule has 2 fully saturated rings. The number of piperidine rings is 1. The van der Waals surface area contributed by atoms with Crippen molar-refractivity contribution >= 4 is 11.9 Å². The molecule has 0 N–H and O–H groups in total. The Balaban J connectivity index is 1.98. The van der Waals surface area contributed by atoms with Crippen molar-refractivity contribution in [3.8, 4) is 0 Å². The van der Waals surface area contributed by atoms with Crippen LogP contribution in [-0.4, -0.2) is 35.5 Å². The zero-order chi connectivity index (χ0) is 19.2. The first kappa shape index (κ1) is 18.9. The molecule has 2 aliphatic rings. The van der Waals surface area contributed by atoms with Gasteiger partial charge in [-0.3, -0.25) is 4.79 Å². The molecule has 1 heterocycles. The fourth-order valence-corrected chi connectivity index (χ4v) is 4.94. The van der Waals surface area contributed by atoms with Crippen LogP contribution in [0.4, 0.5) is 4.79 Å². The van der Waals surface area contributed by atoms with Gasteiger partial charge in [0.1, 0.15) is 11.4 Å². The van der Waals surface area contributed by atoms with E-state index in [0.717, 1.165) is 12.8 Å². The maximum Gasteiger partial charge on any atom is 0.410 e. The number of likely N-dealkylation sites (tertiary alicyclic amines) is 1. The Bertz CT molecular complexity index is 689. The number of ketones is 1. The predicted octanol–water partition coefficient (Wildman–Crippen LogP) is 4.57. The zero-order valence-electron chi connectivity index (χ0n) is 16.7. The van der Waals surface area contributed by atoms with Crippen LogP contribution in [0, 0.1) is 11.3 Å². The summed E-state index contributed by atoms with van der Waals surface area (Å²) < 4.78 is 5.63. The molecule has 26 heavy (non-hydrogen) atoms. The Morgan fingerprint density at radius 3 is 2.46 bits per heavy atom. The molecule has 0 radical (unpaired) electrons. The van der Waals surface area contributed by atoms with E-state index in [1.165, 1.54) is 5.56 Å². The number of ether oxygens (including phenoxy) is 1. The molecule has 4 heteroatoms. The van der Waals surface area contributed by atoms with E-state index in [2.05, 4.69) is 38.1 Å². The smallest absolute Gasteiger partial charge is 0.410 e. The molecule has 0 aromatic heterocycles. The Labute approximate surface area is 156 Å². The number of benzene rings is 1. The van der Waals surface area contributed by atoms with Gasteiger partial charge in [-0.1, -0.05) is 44.2 Å². The second-order valence-corrected chi connectivity index (χ2v) is 9.41. The van der Waals surface area contributed by atoms with Gasteiger partial charge in [-0.25, -0.2) is 4.79 Å². The molecule has 4 nitrogen and oxygen atoms in total. The predicted molar refractivity (Wildman–Crippen MR) is 102 cm³/mol. The first-order chi connectivity index (χ1) is 12.1.